The van der Waals surface area contributed by atoms with Gasteiger partial charge in [0.1, 0.15) is 5.78 Å². The van der Waals surface area contributed by atoms with Gasteiger partial charge in [-0.2, -0.15) is 0 Å². The summed E-state index contributed by atoms with van der Waals surface area (Å²) >= 11 is 0. The second kappa shape index (κ2) is 6.23. The van der Waals surface area contributed by atoms with E-state index in [1.807, 2.05) is 43.3 Å². The van der Waals surface area contributed by atoms with Crippen LogP contribution < -0.4 is 5.73 Å². The first-order valence-electron chi connectivity index (χ1n) is 5.59. The maximum atomic E-state index is 11.0. The van der Waals surface area contributed by atoms with E-state index in [-0.39, 0.29) is 11.7 Å². The number of allylic oxidation sites excluding steroid dienone is 1. The lowest BCUT2D eigenvalue weighted by Crippen LogP contribution is -2.03. The number of hydrogen-bond donors (Lipinski definition) is 1. The van der Waals surface area contributed by atoms with E-state index in [1.54, 1.807) is 6.92 Å². The van der Waals surface area contributed by atoms with Gasteiger partial charge in [-0.05, 0) is 24.5 Å². The van der Waals surface area contributed by atoms with Crippen molar-refractivity contribution < 1.29 is 4.79 Å². The highest BCUT2D eigenvalue weighted by molar-refractivity contribution is 5.78. The molecule has 0 heterocycles. The molecule has 86 valence electrons. The highest BCUT2D eigenvalue weighted by Crippen LogP contribution is 2.09. The maximum Gasteiger partial charge on any atom is 0.132 e. The number of Topliss-reactive ketones (excluding diaryl/α,β-unsaturated/α-hetero) is 1. The lowest BCUT2D eigenvalue weighted by Gasteiger charge is -2.02. The smallest absolute Gasteiger partial charge is 0.132 e. The van der Waals surface area contributed by atoms with Crippen LogP contribution in [-0.2, 0) is 11.3 Å². The van der Waals surface area contributed by atoms with Gasteiger partial charge in [0.25, 0.3) is 0 Å². The quantitative estimate of drug-likeness (QED) is 0.824. The van der Waals surface area contributed by atoms with Crippen molar-refractivity contribution in [1.82, 2.24) is 0 Å². The summed E-state index contributed by atoms with van der Waals surface area (Å²) in [6.45, 7) is 4.16. The van der Waals surface area contributed by atoms with Gasteiger partial charge in [0.15, 0.2) is 0 Å². The zero-order chi connectivity index (χ0) is 12.0. The third-order valence-electron chi connectivity index (χ3n) is 2.71. The van der Waals surface area contributed by atoms with Crippen LogP contribution in [0.5, 0.6) is 0 Å². The lowest BCUT2D eigenvalue weighted by atomic mass is 10.0. The first-order chi connectivity index (χ1) is 7.63. The Morgan fingerprint density at radius 2 is 2.00 bits per heavy atom. The molecule has 0 aliphatic rings. The summed E-state index contributed by atoms with van der Waals surface area (Å²) in [5.74, 6) is 0.350. The molecule has 2 nitrogen and oxygen atoms in total. The molecule has 0 spiro atoms. The van der Waals surface area contributed by atoms with E-state index < -0.39 is 0 Å². The molecule has 1 rings (SSSR count). The van der Waals surface area contributed by atoms with Crippen LogP contribution in [0.4, 0.5) is 0 Å². The molecule has 0 aliphatic heterocycles. The molecule has 0 aromatic heterocycles. The van der Waals surface area contributed by atoms with Crippen LogP contribution in [0.3, 0.4) is 0 Å². The zero-order valence-corrected chi connectivity index (χ0v) is 9.94. The normalized spacial score (nSPS) is 12.9. The Morgan fingerprint density at radius 1 is 1.38 bits per heavy atom. The molecule has 1 unspecified atom stereocenters. The van der Waals surface area contributed by atoms with Crippen molar-refractivity contribution in [3.05, 3.63) is 41.5 Å². The van der Waals surface area contributed by atoms with Gasteiger partial charge >= 0.3 is 0 Å². The first kappa shape index (κ1) is 12.7. The van der Waals surface area contributed by atoms with E-state index in [1.165, 1.54) is 0 Å². The molecular formula is C14H19NO. The fourth-order valence-corrected chi connectivity index (χ4v) is 1.34. The van der Waals surface area contributed by atoms with Gasteiger partial charge in [-0.1, -0.05) is 43.3 Å². The predicted molar refractivity (Wildman–Crippen MR) is 67.8 cm³/mol. The Hall–Kier alpha value is -1.41. The minimum atomic E-state index is 0.111. The van der Waals surface area contributed by atoms with E-state index in [9.17, 15) is 4.79 Å². The van der Waals surface area contributed by atoms with E-state index >= 15 is 0 Å². The van der Waals surface area contributed by atoms with Crippen LogP contribution in [0.2, 0.25) is 0 Å². The van der Waals surface area contributed by atoms with Crippen LogP contribution in [0.25, 0.3) is 6.08 Å². The van der Waals surface area contributed by atoms with Gasteiger partial charge in [0.2, 0.25) is 0 Å². The number of hydrogen-bond acceptors (Lipinski definition) is 2. The number of rotatable bonds is 5. The molecule has 0 amide bonds. The number of nitrogens with two attached hydrogens (primary N) is 1. The van der Waals surface area contributed by atoms with Crippen LogP contribution in [-0.4, -0.2) is 5.78 Å². The van der Waals surface area contributed by atoms with Crippen molar-refractivity contribution in [3.63, 3.8) is 0 Å². The number of benzene rings is 1. The van der Waals surface area contributed by atoms with Crippen molar-refractivity contribution in [2.24, 2.45) is 11.7 Å². The summed E-state index contributed by atoms with van der Waals surface area (Å²) in [6.07, 6.45) is 4.89. The molecule has 0 saturated carbocycles. The average molecular weight is 217 g/mol. The average Bonchev–Trinajstić information content (AvgIpc) is 2.29. The topological polar surface area (TPSA) is 43.1 Å². The maximum absolute atomic E-state index is 11.0. The van der Waals surface area contributed by atoms with Gasteiger partial charge in [-0.25, -0.2) is 0 Å². The molecule has 16 heavy (non-hydrogen) atoms. The second-order valence-corrected chi connectivity index (χ2v) is 4.10. The molecule has 0 aliphatic carbocycles. The van der Waals surface area contributed by atoms with Gasteiger partial charge in [0.05, 0.1) is 0 Å². The van der Waals surface area contributed by atoms with Crippen molar-refractivity contribution in [1.29, 1.82) is 0 Å². The second-order valence-electron chi connectivity index (χ2n) is 4.10. The largest absolute Gasteiger partial charge is 0.326 e. The molecule has 2 N–H and O–H groups in total. The molecule has 1 atom stereocenters. The third kappa shape index (κ3) is 3.99. The van der Waals surface area contributed by atoms with Crippen LogP contribution in [0.1, 0.15) is 31.4 Å². The highest BCUT2D eigenvalue weighted by atomic mass is 16.1. The first-order valence-corrected chi connectivity index (χ1v) is 5.59. The van der Waals surface area contributed by atoms with Crippen LogP contribution in [0.15, 0.2) is 30.3 Å². The van der Waals surface area contributed by atoms with E-state index in [0.717, 1.165) is 17.5 Å². The fraction of sp³-hybridized carbons (Fsp3) is 0.357. The van der Waals surface area contributed by atoms with Crippen LogP contribution >= 0.6 is 0 Å². The van der Waals surface area contributed by atoms with Gasteiger partial charge < -0.3 is 5.73 Å². The zero-order valence-electron chi connectivity index (χ0n) is 9.94. The molecule has 1 aromatic carbocycles. The van der Waals surface area contributed by atoms with E-state index in [4.69, 9.17) is 5.73 Å². The van der Waals surface area contributed by atoms with Crippen molar-refractivity contribution in [2.45, 2.75) is 26.8 Å². The minimum Gasteiger partial charge on any atom is -0.326 e. The molecule has 2 heteroatoms. The monoisotopic (exact) mass is 217 g/mol. The van der Waals surface area contributed by atoms with Crippen molar-refractivity contribution in [2.75, 3.05) is 0 Å². The van der Waals surface area contributed by atoms with Gasteiger partial charge in [0, 0.05) is 12.5 Å². The number of ketones is 1. The molecule has 0 radical (unpaired) electrons. The Balaban J connectivity index is 2.52. The van der Waals surface area contributed by atoms with E-state index in [0.29, 0.717) is 6.54 Å². The van der Waals surface area contributed by atoms with Crippen LogP contribution in [0, 0.1) is 5.92 Å². The lowest BCUT2D eigenvalue weighted by molar-refractivity contribution is -0.120. The summed E-state index contributed by atoms with van der Waals surface area (Å²) in [4.78, 5) is 11.0. The third-order valence-corrected chi connectivity index (χ3v) is 2.71. The minimum absolute atomic E-state index is 0.111. The Labute approximate surface area is 97.2 Å². The summed E-state index contributed by atoms with van der Waals surface area (Å²) in [7, 11) is 0. The summed E-state index contributed by atoms with van der Waals surface area (Å²) in [6, 6.07) is 8.12. The predicted octanol–water partition coefficient (Wildman–Crippen LogP) is 2.77. The number of carbonyl (C=O) groups excluding carboxylic acids is 1. The van der Waals surface area contributed by atoms with Gasteiger partial charge in [-0.3, -0.25) is 4.79 Å². The summed E-state index contributed by atoms with van der Waals surface area (Å²) < 4.78 is 0. The van der Waals surface area contributed by atoms with Crippen molar-refractivity contribution >= 4 is 11.9 Å². The summed E-state index contributed by atoms with van der Waals surface area (Å²) in [5, 5.41) is 0. The highest BCUT2D eigenvalue weighted by Gasteiger charge is 2.03. The Morgan fingerprint density at radius 3 is 2.50 bits per heavy atom. The fourth-order valence-electron chi connectivity index (χ4n) is 1.34. The van der Waals surface area contributed by atoms with Gasteiger partial charge in [-0.15, -0.1) is 0 Å². The Bertz CT molecular complexity index is 365. The SMILES string of the molecule is CC(=O)C(C)CC=Cc1ccc(CN)cc1. The molecule has 0 fully saturated rings. The standard InChI is InChI=1S/C14H19NO/c1-11(12(2)16)4-3-5-13-6-8-14(10-15)9-7-13/h3,5-9,11H,4,10,15H2,1-2H3. The molecule has 1 aromatic rings. The summed E-state index contributed by atoms with van der Waals surface area (Å²) in [5.41, 5.74) is 7.80. The molecule has 0 saturated heterocycles. The van der Waals surface area contributed by atoms with E-state index in [2.05, 4.69) is 0 Å². The molecular weight excluding hydrogens is 198 g/mol. The number of carbonyl (C=O) groups is 1. The van der Waals surface area contributed by atoms with Crippen molar-refractivity contribution in [3.8, 4) is 0 Å². The Kier molecular flexibility index (Phi) is 4.93. The molecule has 0 bridgehead atoms.